The summed E-state index contributed by atoms with van der Waals surface area (Å²) in [6.07, 6.45) is -0.855. The molecule has 7 nitrogen and oxygen atoms in total. The van der Waals surface area contributed by atoms with E-state index in [-0.39, 0.29) is 11.6 Å². The van der Waals surface area contributed by atoms with Gasteiger partial charge in [-0.25, -0.2) is 4.79 Å². The minimum Gasteiger partial charge on any atom is -0.448 e. The summed E-state index contributed by atoms with van der Waals surface area (Å²) in [6, 6.07) is 17.4. The third-order valence-electron chi connectivity index (χ3n) is 5.01. The maximum atomic E-state index is 12.7. The lowest BCUT2D eigenvalue weighted by molar-refractivity contribution is -0.140. The molecule has 144 valence electrons. The van der Waals surface area contributed by atoms with E-state index in [1.165, 1.54) is 0 Å². The van der Waals surface area contributed by atoms with E-state index in [1.807, 2.05) is 36.4 Å². The van der Waals surface area contributed by atoms with Gasteiger partial charge in [0.15, 0.2) is 11.8 Å². The van der Waals surface area contributed by atoms with E-state index in [2.05, 4.69) is 27.2 Å². The maximum absolute atomic E-state index is 12.7. The summed E-state index contributed by atoms with van der Waals surface area (Å²) < 4.78 is 5.40. The topological polar surface area (TPSA) is 78.5 Å². The molecule has 3 aromatic rings. The fraction of sp³-hybridized carbons (Fsp3) is 0.286. The van der Waals surface area contributed by atoms with Gasteiger partial charge in [-0.05, 0) is 25.1 Å². The van der Waals surface area contributed by atoms with Crippen LogP contribution in [0.4, 0.5) is 5.69 Å². The number of carbonyl (C=O) groups excluding carboxylic acids is 2. The quantitative estimate of drug-likeness (QED) is 0.706. The average Bonchev–Trinajstić information content (AvgIpc) is 3.18. The first-order valence-corrected chi connectivity index (χ1v) is 9.36. The number of fused-ring (bicyclic) bond motifs is 1. The average molecular weight is 378 g/mol. The Bertz CT molecular complexity index is 977. The van der Waals surface area contributed by atoms with Gasteiger partial charge < -0.3 is 14.5 Å². The van der Waals surface area contributed by atoms with Gasteiger partial charge in [0.2, 0.25) is 0 Å². The molecule has 0 saturated carbocycles. The minimum absolute atomic E-state index is 0.180. The number of hydrogen-bond acceptors (Lipinski definition) is 5. The summed E-state index contributed by atoms with van der Waals surface area (Å²) in [6.45, 7) is 4.31. The third-order valence-corrected chi connectivity index (χ3v) is 5.01. The summed E-state index contributed by atoms with van der Waals surface area (Å²) in [5.41, 5.74) is 2.11. The molecule has 1 saturated heterocycles. The Hall–Kier alpha value is -3.35. The van der Waals surface area contributed by atoms with Gasteiger partial charge in [0.1, 0.15) is 0 Å². The van der Waals surface area contributed by atoms with Crippen LogP contribution in [0.15, 0.2) is 54.6 Å². The molecule has 1 aromatic heterocycles. The van der Waals surface area contributed by atoms with Crippen LogP contribution in [-0.4, -0.2) is 59.3 Å². The van der Waals surface area contributed by atoms with E-state index in [4.69, 9.17) is 4.74 Å². The minimum atomic E-state index is -0.855. The SMILES string of the molecule is C[C@@H](OC(=O)c1n[nH]c2ccccc12)C(=O)N1CCN(c2ccccc2)CC1. The first-order chi connectivity index (χ1) is 13.6. The van der Waals surface area contributed by atoms with Crippen LogP contribution in [0.2, 0.25) is 0 Å². The zero-order valence-corrected chi connectivity index (χ0v) is 15.7. The molecular formula is C21H22N4O3. The van der Waals surface area contributed by atoms with Crippen LogP contribution in [0, 0.1) is 0 Å². The predicted octanol–water partition coefficient (Wildman–Crippen LogP) is 2.46. The van der Waals surface area contributed by atoms with Crippen LogP contribution in [0.1, 0.15) is 17.4 Å². The van der Waals surface area contributed by atoms with Crippen molar-refractivity contribution < 1.29 is 14.3 Å². The highest BCUT2D eigenvalue weighted by Crippen LogP contribution is 2.18. The van der Waals surface area contributed by atoms with Crippen molar-refractivity contribution in [2.75, 3.05) is 31.1 Å². The Kier molecular flexibility index (Phi) is 4.97. The van der Waals surface area contributed by atoms with Crippen LogP contribution < -0.4 is 4.90 Å². The van der Waals surface area contributed by atoms with Crippen LogP contribution in [0.5, 0.6) is 0 Å². The summed E-state index contributed by atoms with van der Waals surface area (Å²) in [5, 5.41) is 7.52. The molecule has 0 unspecified atom stereocenters. The van der Waals surface area contributed by atoms with Crippen molar-refractivity contribution in [3.8, 4) is 0 Å². The molecule has 0 radical (unpaired) electrons. The number of para-hydroxylation sites is 2. The molecule has 1 aliphatic heterocycles. The van der Waals surface area contributed by atoms with E-state index in [9.17, 15) is 9.59 Å². The van der Waals surface area contributed by atoms with Crippen molar-refractivity contribution in [2.45, 2.75) is 13.0 Å². The number of amides is 1. The molecule has 2 aromatic carbocycles. The molecule has 28 heavy (non-hydrogen) atoms. The van der Waals surface area contributed by atoms with Gasteiger partial charge in [-0.1, -0.05) is 36.4 Å². The summed E-state index contributed by atoms with van der Waals surface area (Å²) >= 11 is 0. The summed E-state index contributed by atoms with van der Waals surface area (Å²) in [7, 11) is 0. The monoisotopic (exact) mass is 378 g/mol. The fourth-order valence-corrected chi connectivity index (χ4v) is 3.47. The molecule has 1 aliphatic rings. The molecule has 1 fully saturated rings. The van der Waals surface area contributed by atoms with Gasteiger partial charge in [-0.3, -0.25) is 9.89 Å². The lowest BCUT2D eigenvalue weighted by Gasteiger charge is -2.37. The number of hydrogen-bond donors (Lipinski definition) is 1. The number of esters is 1. The van der Waals surface area contributed by atoms with Gasteiger partial charge in [0.05, 0.1) is 5.52 Å². The van der Waals surface area contributed by atoms with Crippen LogP contribution in [-0.2, 0) is 9.53 Å². The highest BCUT2D eigenvalue weighted by atomic mass is 16.5. The number of aromatic nitrogens is 2. The first kappa shape index (κ1) is 18.0. The van der Waals surface area contributed by atoms with Crippen molar-refractivity contribution in [3.63, 3.8) is 0 Å². The summed E-state index contributed by atoms with van der Waals surface area (Å²) in [5.74, 6) is -0.776. The Labute approximate surface area is 162 Å². The number of aromatic amines is 1. The lowest BCUT2D eigenvalue weighted by Crippen LogP contribution is -2.51. The number of H-pyrrole nitrogens is 1. The molecule has 4 rings (SSSR count). The Morgan fingerprint density at radius 2 is 1.68 bits per heavy atom. The van der Waals surface area contributed by atoms with Gasteiger partial charge in [-0.2, -0.15) is 5.10 Å². The van der Waals surface area contributed by atoms with E-state index in [0.29, 0.717) is 18.5 Å². The first-order valence-electron chi connectivity index (χ1n) is 9.36. The smallest absolute Gasteiger partial charge is 0.360 e. The van der Waals surface area contributed by atoms with Crippen molar-refractivity contribution >= 4 is 28.5 Å². The molecule has 1 N–H and O–H groups in total. The van der Waals surface area contributed by atoms with E-state index in [0.717, 1.165) is 24.3 Å². The molecule has 0 bridgehead atoms. The molecular weight excluding hydrogens is 356 g/mol. The highest BCUT2D eigenvalue weighted by molar-refractivity contribution is 6.02. The number of rotatable bonds is 4. The normalized spacial score (nSPS) is 15.5. The van der Waals surface area contributed by atoms with E-state index >= 15 is 0 Å². The number of anilines is 1. The van der Waals surface area contributed by atoms with Gasteiger partial charge in [-0.15, -0.1) is 0 Å². The highest BCUT2D eigenvalue weighted by Gasteiger charge is 2.28. The Morgan fingerprint density at radius 3 is 2.43 bits per heavy atom. The van der Waals surface area contributed by atoms with Crippen molar-refractivity contribution in [3.05, 3.63) is 60.3 Å². The maximum Gasteiger partial charge on any atom is 0.360 e. The van der Waals surface area contributed by atoms with Crippen LogP contribution >= 0.6 is 0 Å². The molecule has 1 atom stereocenters. The van der Waals surface area contributed by atoms with Crippen molar-refractivity contribution in [1.82, 2.24) is 15.1 Å². The molecule has 0 spiro atoms. The number of nitrogens with zero attached hydrogens (tertiary/aromatic N) is 3. The zero-order valence-electron chi connectivity index (χ0n) is 15.7. The number of carbonyl (C=O) groups is 2. The Morgan fingerprint density at radius 1 is 1.00 bits per heavy atom. The molecule has 0 aliphatic carbocycles. The predicted molar refractivity (Wildman–Crippen MR) is 106 cm³/mol. The van der Waals surface area contributed by atoms with Crippen LogP contribution in [0.3, 0.4) is 0 Å². The second-order valence-corrected chi connectivity index (χ2v) is 6.81. The van der Waals surface area contributed by atoms with Crippen molar-refractivity contribution in [1.29, 1.82) is 0 Å². The number of nitrogens with one attached hydrogen (secondary N) is 1. The molecule has 1 amide bonds. The number of piperazine rings is 1. The molecule has 2 heterocycles. The van der Waals surface area contributed by atoms with Gasteiger partial charge >= 0.3 is 5.97 Å². The van der Waals surface area contributed by atoms with Gasteiger partial charge in [0.25, 0.3) is 5.91 Å². The second-order valence-electron chi connectivity index (χ2n) is 6.81. The zero-order chi connectivity index (χ0) is 19.5. The van der Waals surface area contributed by atoms with Gasteiger partial charge in [0, 0.05) is 37.3 Å². The van der Waals surface area contributed by atoms with Crippen LogP contribution in [0.25, 0.3) is 10.9 Å². The standard InChI is InChI=1S/C21H22N4O3/c1-15(28-21(27)19-17-9-5-6-10-18(17)22-23-19)20(26)25-13-11-24(12-14-25)16-7-3-2-4-8-16/h2-10,15H,11-14H2,1H3,(H,22,23)/t15-/m1/s1. The number of benzene rings is 2. The van der Waals surface area contributed by atoms with E-state index < -0.39 is 12.1 Å². The second kappa shape index (κ2) is 7.72. The van der Waals surface area contributed by atoms with E-state index in [1.54, 1.807) is 17.9 Å². The summed E-state index contributed by atoms with van der Waals surface area (Å²) in [4.78, 5) is 29.2. The fourth-order valence-electron chi connectivity index (χ4n) is 3.47. The van der Waals surface area contributed by atoms with Crippen molar-refractivity contribution in [2.24, 2.45) is 0 Å². The number of ether oxygens (including phenoxy) is 1. The Balaban J connectivity index is 1.35. The lowest BCUT2D eigenvalue weighted by atomic mass is 10.2. The largest absolute Gasteiger partial charge is 0.448 e. The third kappa shape index (κ3) is 3.55. The molecule has 7 heteroatoms.